The quantitative estimate of drug-likeness (QED) is 0.725. The third-order valence-corrected chi connectivity index (χ3v) is 3.86. The summed E-state index contributed by atoms with van der Waals surface area (Å²) in [5.74, 6) is 1.51. The lowest BCUT2D eigenvalue weighted by Gasteiger charge is -2.10. The predicted molar refractivity (Wildman–Crippen MR) is 92.0 cm³/mol. The zero-order valence-corrected chi connectivity index (χ0v) is 14.0. The number of aromatic nitrogens is 4. The number of phenolic OH excluding ortho intramolecular Hbond substituents is 1. The number of phenols is 1. The first-order valence-electron chi connectivity index (χ1n) is 8.12. The van der Waals surface area contributed by atoms with Crippen molar-refractivity contribution in [2.75, 3.05) is 6.61 Å². The van der Waals surface area contributed by atoms with Crippen LogP contribution in [0.1, 0.15) is 18.9 Å². The second kappa shape index (κ2) is 7.21. The maximum Gasteiger partial charge on any atom is 0.161 e. The van der Waals surface area contributed by atoms with E-state index in [1.165, 1.54) is 5.56 Å². The van der Waals surface area contributed by atoms with Crippen LogP contribution >= 0.6 is 0 Å². The highest BCUT2D eigenvalue weighted by molar-refractivity contribution is 5.61. The largest absolute Gasteiger partial charge is 0.504 e. The van der Waals surface area contributed by atoms with E-state index >= 15 is 0 Å². The molecule has 3 rings (SSSR count). The highest BCUT2D eigenvalue weighted by atomic mass is 16.5. The number of ether oxygens (including phenoxy) is 1. The molecule has 0 aliphatic heterocycles. The minimum atomic E-state index is 0.148. The van der Waals surface area contributed by atoms with Crippen molar-refractivity contribution in [2.45, 2.75) is 26.3 Å². The number of rotatable bonds is 7. The van der Waals surface area contributed by atoms with Crippen LogP contribution in [0.15, 0.2) is 43.0 Å². The molecule has 2 aromatic heterocycles. The third-order valence-electron chi connectivity index (χ3n) is 3.86. The molecule has 126 valence electrons. The molecule has 24 heavy (non-hydrogen) atoms. The van der Waals surface area contributed by atoms with E-state index in [9.17, 15) is 5.11 Å². The van der Waals surface area contributed by atoms with Crippen LogP contribution in [0.5, 0.6) is 11.5 Å². The standard InChI is InChI=1S/C18H22N4O2/c1-3-24-17-11-15(6-7-16(17)23)18-19-8-10-22(18)9-4-5-14-12-20-21(2)13-14/h6-8,10-13,23H,3-5,9H2,1-2H3. The number of nitrogens with zero attached hydrogens (tertiary/aromatic N) is 4. The third kappa shape index (κ3) is 3.59. The van der Waals surface area contributed by atoms with Gasteiger partial charge in [0.05, 0.1) is 12.8 Å². The van der Waals surface area contributed by atoms with Gasteiger partial charge in [-0.15, -0.1) is 0 Å². The molecule has 3 aromatic rings. The first-order valence-corrected chi connectivity index (χ1v) is 8.12. The second-order valence-electron chi connectivity index (χ2n) is 5.69. The first-order chi connectivity index (χ1) is 11.7. The Hall–Kier alpha value is -2.76. The maximum atomic E-state index is 9.84. The smallest absolute Gasteiger partial charge is 0.161 e. The summed E-state index contributed by atoms with van der Waals surface area (Å²) in [7, 11) is 1.93. The fourth-order valence-electron chi connectivity index (χ4n) is 2.73. The van der Waals surface area contributed by atoms with Gasteiger partial charge < -0.3 is 14.4 Å². The Bertz CT molecular complexity index is 807. The summed E-state index contributed by atoms with van der Waals surface area (Å²) in [6.45, 7) is 3.27. The van der Waals surface area contributed by atoms with Gasteiger partial charge in [0.1, 0.15) is 5.82 Å². The van der Waals surface area contributed by atoms with Crippen molar-refractivity contribution in [1.29, 1.82) is 0 Å². The van der Waals surface area contributed by atoms with Gasteiger partial charge in [0, 0.05) is 37.7 Å². The predicted octanol–water partition coefficient (Wildman–Crippen LogP) is 3.02. The molecule has 0 aliphatic rings. The lowest BCUT2D eigenvalue weighted by atomic mass is 10.1. The lowest BCUT2D eigenvalue weighted by Crippen LogP contribution is -2.01. The number of aryl methyl sites for hydroxylation is 3. The monoisotopic (exact) mass is 326 g/mol. The molecule has 0 amide bonds. The van der Waals surface area contributed by atoms with Gasteiger partial charge in [0.25, 0.3) is 0 Å². The average Bonchev–Trinajstić information content (AvgIpc) is 3.19. The van der Waals surface area contributed by atoms with Crippen molar-refractivity contribution < 1.29 is 9.84 Å². The van der Waals surface area contributed by atoms with E-state index in [4.69, 9.17) is 4.74 Å². The van der Waals surface area contributed by atoms with E-state index in [1.54, 1.807) is 12.3 Å². The molecule has 0 bridgehead atoms. The Morgan fingerprint density at radius 2 is 2.17 bits per heavy atom. The van der Waals surface area contributed by atoms with Crippen LogP contribution in [0.3, 0.4) is 0 Å². The van der Waals surface area contributed by atoms with Crippen molar-refractivity contribution in [3.8, 4) is 22.9 Å². The van der Waals surface area contributed by atoms with Crippen LogP contribution in [-0.4, -0.2) is 31.0 Å². The van der Waals surface area contributed by atoms with Gasteiger partial charge in [-0.25, -0.2) is 4.98 Å². The van der Waals surface area contributed by atoms with Crippen LogP contribution < -0.4 is 4.74 Å². The second-order valence-corrected chi connectivity index (χ2v) is 5.69. The Morgan fingerprint density at radius 3 is 2.92 bits per heavy atom. The van der Waals surface area contributed by atoms with E-state index in [-0.39, 0.29) is 5.75 Å². The summed E-state index contributed by atoms with van der Waals surface area (Å²) in [6.07, 6.45) is 9.71. The Balaban J connectivity index is 1.71. The summed E-state index contributed by atoms with van der Waals surface area (Å²) >= 11 is 0. The number of imidazole rings is 1. The fraction of sp³-hybridized carbons (Fsp3) is 0.333. The Kier molecular flexibility index (Phi) is 4.84. The minimum Gasteiger partial charge on any atom is -0.504 e. The van der Waals surface area contributed by atoms with E-state index < -0.39 is 0 Å². The maximum absolute atomic E-state index is 9.84. The van der Waals surface area contributed by atoms with Gasteiger partial charge in [-0.05, 0) is 43.5 Å². The first kappa shape index (κ1) is 16.1. The minimum absolute atomic E-state index is 0.148. The van der Waals surface area contributed by atoms with Crippen LogP contribution in [0.2, 0.25) is 0 Å². The van der Waals surface area contributed by atoms with E-state index in [1.807, 2.05) is 49.4 Å². The Morgan fingerprint density at radius 1 is 1.29 bits per heavy atom. The molecule has 6 heteroatoms. The highest BCUT2D eigenvalue weighted by Gasteiger charge is 2.10. The summed E-state index contributed by atoms with van der Waals surface area (Å²) in [6, 6.07) is 5.34. The molecule has 0 unspecified atom stereocenters. The molecule has 6 nitrogen and oxygen atoms in total. The molecule has 1 N–H and O–H groups in total. The van der Waals surface area contributed by atoms with Gasteiger partial charge in [0.2, 0.25) is 0 Å². The molecule has 1 aromatic carbocycles. The Labute approximate surface area is 141 Å². The van der Waals surface area contributed by atoms with Crippen molar-refractivity contribution in [3.63, 3.8) is 0 Å². The van der Waals surface area contributed by atoms with Gasteiger partial charge in [-0.3, -0.25) is 4.68 Å². The summed E-state index contributed by atoms with van der Waals surface area (Å²) in [5.41, 5.74) is 2.17. The zero-order chi connectivity index (χ0) is 16.9. The average molecular weight is 326 g/mol. The molecule has 0 saturated heterocycles. The van der Waals surface area contributed by atoms with Crippen LogP contribution in [0.4, 0.5) is 0 Å². The van der Waals surface area contributed by atoms with Crippen molar-refractivity contribution in [3.05, 3.63) is 48.5 Å². The van der Waals surface area contributed by atoms with Crippen molar-refractivity contribution >= 4 is 0 Å². The molecule has 0 fully saturated rings. The van der Waals surface area contributed by atoms with Gasteiger partial charge >= 0.3 is 0 Å². The molecule has 0 radical (unpaired) electrons. The SMILES string of the molecule is CCOc1cc(-c2nccn2CCCc2cnn(C)c2)ccc1O. The molecule has 0 saturated carbocycles. The zero-order valence-electron chi connectivity index (χ0n) is 14.0. The van der Waals surface area contributed by atoms with E-state index in [0.29, 0.717) is 12.4 Å². The molecular formula is C18H22N4O2. The number of benzene rings is 1. The number of aromatic hydroxyl groups is 1. The summed E-state index contributed by atoms with van der Waals surface area (Å²) in [4.78, 5) is 4.46. The normalized spacial score (nSPS) is 10.9. The number of hydrogen-bond donors (Lipinski definition) is 1. The van der Waals surface area contributed by atoms with Crippen LogP contribution in [-0.2, 0) is 20.0 Å². The molecule has 2 heterocycles. The topological polar surface area (TPSA) is 65.1 Å². The van der Waals surface area contributed by atoms with E-state index in [2.05, 4.69) is 14.6 Å². The summed E-state index contributed by atoms with van der Waals surface area (Å²) < 4.78 is 9.41. The van der Waals surface area contributed by atoms with Crippen molar-refractivity contribution in [2.24, 2.45) is 7.05 Å². The molecule has 0 spiro atoms. The molecule has 0 atom stereocenters. The van der Waals surface area contributed by atoms with Crippen LogP contribution in [0, 0.1) is 0 Å². The van der Waals surface area contributed by atoms with Gasteiger partial charge in [0.15, 0.2) is 11.5 Å². The van der Waals surface area contributed by atoms with Crippen molar-refractivity contribution in [1.82, 2.24) is 19.3 Å². The number of hydrogen-bond acceptors (Lipinski definition) is 4. The molecule has 0 aliphatic carbocycles. The molecular weight excluding hydrogens is 304 g/mol. The lowest BCUT2D eigenvalue weighted by molar-refractivity contribution is 0.318. The van der Waals surface area contributed by atoms with E-state index in [0.717, 1.165) is 30.8 Å². The van der Waals surface area contributed by atoms with Gasteiger partial charge in [-0.1, -0.05) is 0 Å². The highest BCUT2D eigenvalue weighted by Crippen LogP contribution is 2.31. The summed E-state index contributed by atoms with van der Waals surface area (Å²) in [5, 5.41) is 14.0. The van der Waals surface area contributed by atoms with Crippen LogP contribution in [0.25, 0.3) is 11.4 Å². The van der Waals surface area contributed by atoms with Gasteiger partial charge in [-0.2, -0.15) is 5.10 Å². The fourth-order valence-corrected chi connectivity index (χ4v) is 2.73.